The summed E-state index contributed by atoms with van der Waals surface area (Å²) in [7, 11) is 0. The van der Waals surface area contributed by atoms with Crippen LogP contribution in [0.25, 0.3) is 11.1 Å². The van der Waals surface area contributed by atoms with Crippen LogP contribution in [-0.4, -0.2) is 3.71 Å². The van der Waals surface area contributed by atoms with Gasteiger partial charge in [-0.25, -0.2) is 6.07 Å². The first-order chi connectivity index (χ1) is 15.7. The molecule has 0 fully saturated rings. The van der Waals surface area contributed by atoms with Gasteiger partial charge in [-0.1, -0.05) is 56.2 Å². The standard InChI is InChI=1S/C13H9.C8H5F3.C8H11.2ClH.Zr/c1-3-7-12-10(5-1)9-11-6-2-4-8-13(11)12;1-6-2-4-7(5-3-6)8(9,10)11;1-6-4-7(2)8(3)5-6;;;/h1-5,7-8H,9H2;1-5H;4-5H,1-3H3;2*1H;/q-1;;-1;;;+2/p-2. The van der Waals surface area contributed by atoms with Gasteiger partial charge in [0.2, 0.25) is 0 Å². The second-order valence-electron chi connectivity index (χ2n) is 8.06. The van der Waals surface area contributed by atoms with E-state index in [1.165, 1.54) is 75.3 Å². The van der Waals surface area contributed by atoms with Crippen molar-refractivity contribution in [2.45, 2.75) is 33.4 Å². The fourth-order valence-corrected chi connectivity index (χ4v) is 4.19. The van der Waals surface area contributed by atoms with E-state index in [4.69, 9.17) is 0 Å². The fourth-order valence-electron chi connectivity index (χ4n) is 3.72. The van der Waals surface area contributed by atoms with Crippen LogP contribution < -0.4 is 24.8 Å². The molecule has 5 rings (SSSR count). The number of hydrogen-bond acceptors (Lipinski definition) is 0. The van der Waals surface area contributed by atoms with Crippen molar-refractivity contribution in [1.29, 1.82) is 0 Å². The summed E-state index contributed by atoms with van der Waals surface area (Å²) < 4.78 is 37.9. The van der Waals surface area contributed by atoms with Crippen molar-refractivity contribution >= 4 is 3.71 Å². The molecule has 1 aliphatic carbocycles. The second-order valence-corrected chi connectivity index (χ2v) is 8.77. The van der Waals surface area contributed by atoms with Crippen LogP contribution in [0.2, 0.25) is 0 Å². The summed E-state index contributed by atoms with van der Waals surface area (Å²) in [6, 6.07) is 27.6. The first-order valence-electron chi connectivity index (χ1n) is 10.6. The fraction of sp³-hybridized carbons (Fsp3) is 0.172. The van der Waals surface area contributed by atoms with Gasteiger partial charge in [0.1, 0.15) is 0 Å². The smallest absolute Gasteiger partial charge is 0.0253 e. The van der Waals surface area contributed by atoms with E-state index in [9.17, 15) is 13.2 Å². The summed E-state index contributed by atoms with van der Waals surface area (Å²) in [4.78, 5) is 0. The molecular formula is C29H25Cl2F3Zr-2. The minimum atomic E-state index is -4.22. The van der Waals surface area contributed by atoms with E-state index >= 15 is 0 Å². The van der Waals surface area contributed by atoms with E-state index in [1.54, 1.807) is 0 Å². The molecule has 0 bridgehead atoms. The minimum absolute atomic E-state index is 0. The molecule has 182 valence electrons. The third-order valence-corrected chi connectivity index (χ3v) is 6.35. The van der Waals surface area contributed by atoms with Crippen molar-refractivity contribution in [2.24, 2.45) is 0 Å². The Balaban J connectivity index is 0.000000262. The molecule has 0 nitrogen and oxygen atoms in total. The Kier molecular flexibility index (Phi) is 12.5. The van der Waals surface area contributed by atoms with Crippen LogP contribution in [0.3, 0.4) is 0 Å². The molecule has 0 N–H and O–H groups in total. The normalized spacial score (nSPS) is 10.7. The van der Waals surface area contributed by atoms with Gasteiger partial charge in [-0.3, -0.25) is 0 Å². The molecule has 0 saturated carbocycles. The average molecular weight is 593 g/mol. The van der Waals surface area contributed by atoms with E-state index in [0.29, 0.717) is 0 Å². The topological polar surface area (TPSA) is 0 Å². The van der Waals surface area contributed by atoms with Crippen LogP contribution in [0.1, 0.15) is 38.9 Å². The second kappa shape index (κ2) is 14.0. The molecule has 0 aromatic heterocycles. The van der Waals surface area contributed by atoms with Crippen LogP contribution in [0.5, 0.6) is 0 Å². The molecular weight excluding hydrogens is 567 g/mol. The third kappa shape index (κ3) is 8.63. The number of halogens is 5. The van der Waals surface area contributed by atoms with E-state index < -0.39 is 11.7 Å². The molecule has 0 heterocycles. The number of fused-ring (bicyclic) bond motifs is 3. The first-order valence-corrected chi connectivity index (χ1v) is 12.1. The summed E-state index contributed by atoms with van der Waals surface area (Å²) in [6.07, 6.45) is -3.17. The Morgan fingerprint density at radius 1 is 0.886 bits per heavy atom. The van der Waals surface area contributed by atoms with Gasteiger partial charge >= 0.3 is 82.7 Å². The van der Waals surface area contributed by atoms with Crippen LogP contribution >= 0.6 is 0 Å². The van der Waals surface area contributed by atoms with Gasteiger partial charge < -0.3 is 24.8 Å². The van der Waals surface area contributed by atoms with Gasteiger partial charge in [0, 0.05) is 0 Å². The van der Waals surface area contributed by atoms with E-state index in [0.717, 1.165) is 24.1 Å². The van der Waals surface area contributed by atoms with E-state index in [1.807, 2.05) is 9.78 Å². The quantitative estimate of drug-likeness (QED) is 0.261. The summed E-state index contributed by atoms with van der Waals surface area (Å²) in [5, 5.41) is 0. The maximum atomic E-state index is 12.0. The molecule has 0 unspecified atom stereocenters. The van der Waals surface area contributed by atoms with Gasteiger partial charge in [-0.2, -0.15) is 52.6 Å². The van der Waals surface area contributed by atoms with Crippen LogP contribution in [0, 0.1) is 26.8 Å². The number of hydrogen-bond donors (Lipinski definition) is 0. The summed E-state index contributed by atoms with van der Waals surface area (Å²) in [5.74, 6) is 0. The molecule has 0 atom stereocenters. The predicted octanol–water partition coefficient (Wildman–Crippen LogP) is 1.80. The zero-order chi connectivity index (χ0) is 24.0. The number of rotatable bonds is 1. The van der Waals surface area contributed by atoms with Crippen molar-refractivity contribution in [3.63, 3.8) is 0 Å². The number of benzene rings is 3. The molecule has 0 spiro atoms. The molecule has 4 aromatic rings. The Bertz CT molecular complexity index is 1160. The molecule has 0 saturated heterocycles. The largest absolute Gasteiger partial charge is 1.00 e. The zero-order valence-electron chi connectivity index (χ0n) is 19.7. The molecule has 35 heavy (non-hydrogen) atoms. The SMILES string of the molecule is Cc1cc(C)c(C)[cH-]1.FC(F)(F)c1ccc([CH]=[Zr+2])cc1.[Cl-].[Cl-].[c-]1cccc2c1Cc1ccccc1-2. The monoisotopic (exact) mass is 590 g/mol. The predicted molar refractivity (Wildman–Crippen MR) is 126 cm³/mol. The van der Waals surface area contributed by atoms with Gasteiger partial charge in [-0.15, -0.1) is 5.56 Å². The van der Waals surface area contributed by atoms with Gasteiger partial charge in [0.25, 0.3) is 0 Å². The molecule has 6 heteroatoms. The average Bonchev–Trinajstić information content (AvgIpc) is 3.32. The summed E-state index contributed by atoms with van der Waals surface area (Å²) in [6.45, 7) is 6.41. The first kappa shape index (κ1) is 31.2. The van der Waals surface area contributed by atoms with Crippen molar-refractivity contribution in [1.82, 2.24) is 0 Å². The molecule has 0 radical (unpaired) electrons. The number of alkyl halides is 3. The van der Waals surface area contributed by atoms with Crippen molar-refractivity contribution in [3.8, 4) is 11.1 Å². The zero-order valence-corrected chi connectivity index (χ0v) is 23.6. The minimum Gasteiger partial charge on any atom is -1.00 e. The summed E-state index contributed by atoms with van der Waals surface area (Å²) in [5.41, 5.74) is 9.94. The Morgan fingerprint density at radius 3 is 2.03 bits per heavy atom. The maximum Gasteiger partial charge on any atom is -0.0253 e. The van der Waals surface area contributed by atoms with Gasteiger partial charge in [0.05, 0.1) is 0 Å². The molecule has 0 amide bonds. The molecule has 0 aliphatic heterocycles. The molecule has 4 aromatic carbocycles. The van der Waals surface area contributed by atoms with E-state index in [-0.39, 0.29) is 24.8 Å². The molecule has 1 aliphatic rings. The van der Waals surface area contributed by atoms with Crippen LogP contribution in [0.4, 0.5) is 13.2 Å². The van der Waals surface area contributed by atoms with Crippen molar-refractivity contribution in [3.05, 3.63) is 124 Å². The van der Waals surface area contributed by atoms with Crippen LogP contribution in [-0.2, 0) is 36.8 Å². The summed E-state index contributed by atoms with van der Waals surface area (Å²) >= 11 is 1.18. The Labute approximate surface area is 233 Å². The Hall–Kier alpha value is -1.87. The van der Waals surface area contributed by atoms with Crippen LogP contribution in [0.15, 0.2) is 78.9 Å². The van der Waals surface area contributed by atoms with E-state index in [2.05, 4.69) is 75.4 Å². The Morgan fingerprint density at radius 2 is 1.51 bits per heavy atom. The third-order valence-electron chi connectivity index (χ3n) is 5.53. The van der Waals surface area contributed by atoms with Crippen molar-refractivity contribution in [2.75, 3.05) is 0 Å². The van der Waals surface area contributed by atoms with Gasteiger partial charge in [-0.05, 0) is 6.42 Å². The maximum absolute atomic E-state index is 12.0. The van der Waals surface area contributed by atoms with Gasteiger partial charge in [0.15, 0.2) is 0 Å². The van der Waals surface area contributed by atoms with Crippen molar-refractivity contribution < 1.29 is 62.2 Å². The number of aryl methyl sites for hydroxylation is 3.